The molecule has 204 valence electrons. The fraction of sp³-hybridized carbons (Fsp3) is 0.697. The van der Waals surface area contributed by atoms with Gasteiger partial charge in [0.25, 0.3) is 0 Å². The zero-order valence-electron chi connectivity index (χ0n) is 25.9. The Balaban J connectivity index is -0.000000111. The Morgan fingerprint density at radius 2 is 1.41 bits per heavy atom. The summed E-state index contributed by atoms with van der Waals surface area (Å²) in [6.07, 6.45) is 21.7. The van der Waals surface area contributed by atoms with E-state index < -0.39 is 0 Å². The zero-order chi connectivity index (χ0) is 27.8. The second-order valence-corrected chi connectivity index (χ2v) is 8.04. The normalized spacial score (nSPS) is 17.3. The topological polar surface area (TPSA) is 26.0 Å². The SMILES string of the molecule is C=C/C(C)=C\CC(=C)C.CC.CC.CC.CC/C=C\C(=C/CC)CC.CC1CCCC(N)CC1. The quantitative estimate of drug-likeness (QED) is 0.220. The molecule has 0 aromatic rings. The third kappa shape index (κ3) is 41.0. The van der Waals surface area contributed by atoms with Crippen LogP contribution in [-0.4, -0.2) is 6.04 Å². The summed E-state index contributed by atoms with van der Waals surface area (Å²) in [7, 11) is 0. The first kappa shape index (κ1) is 42.8. The minimum absolute atomic E-state index is 0.509. The van der Waals surface area contributed by atoms with E-state index in [1.165, 1.54) is 48.8 Å². The molecule has 0 heterocycles. The van der Waals surface area contributed by atoms with Crippen molar-refractivity contribution in [3.63, 3.8) is 0 Å². The van der Waals surface area contributed by atoms with Gasteiger partial charge in [0.2, 0.25) is 0 Å². The van der Waals surface area contributed by atoms with E-state index in [0.29, 0.717) is 6.04 Å². The molecule has 0 radical (unpaired) electrons. The second kappa shape index (κ2) is 38.9. The average Bonchev–Trinajstić information content (AvgIpc) is 3.07. The van der Waals surface area contributed by atoms with E-state index in [4.69, 9.17) is 5.73 Å². The number of hydrogen-bond donors (Lipinski definition) is 1. The van der Waals surface area contributed by atoms with Gasteiger partial charge in [-0.2, -0.15) is 0 Å². The molecular formula is C33H67N. The van der Waals surface area contributed by atoms with Gasteiger partial charge in [0.15, 0.2) is 0 Å². The lowest BCUT2D eigenvalue weighted by atomic mass is 10.0. The number of allylic oxidation sites excluding steroid dienone is 8. The summed E-state index contributed by atoms with van der Waals surface area (Å²) in [5.41, 5.74) is 9.67. The van der Waals surface area contributed by atoms with Gasteiger partial charge in [-0.1, -0.05) is 142 Å². The summed E-state index contributed by atoms with van der Waals surface area (Å²) in [5, 5.41) is 0. The molecule has 0 aliphatic heterocycles. The highest BCUT2D eigenvalue weighted by Gasteiger charge is 2.11. The van der Waals surface area contributed by atoms with Crippen LogP contribution in [0.3, 0.4) is 0 Å². The molecule has 1 aliphatic carbocycles. The molecule has 1 heteroatoms. The molecule has 0 spiro atoms. The Bertz CT molecular complexity index is 469. The molecular weight excluding hydrogens is 410 g/mol. The molecule has 0 bridgehead atoms. The minimum atomic E-state index is 0.509. The Hall–Kier alpha value is -1.34. The van der Waals surface area contributed by atoms with E-state index in [9.17, 15) is 0 Å². The summed E-state index contributed by atoms with van der Waals surface area (Å²) < 4.78 is 0. The summed E-state index contributed by atoms with van der Waals surface area (Å²) >= 11 is 0. The van der Waals surface area contributed by atoms with Crippen LogP contribution in [0, 0.1) is 5.92 Å². The molecule has 0 aromatic carbocycles. The smallest absolute Gasteiger partial charge is 0.00389 e. The third-order valence-electron chi connectivity index (χ3n) is 4.84. The summed E-state index contributed by atoms with van der Waals surface area (Å²) in [5.74, 6) is 0.929. The van der Waals surface area contributed by atoms with Crippen molar-refractivity contribution in [2.45, 2.75) is 147 Å². The lowest BCUT2D eigenvalue weighted by molar-refractivity contribution is 0.499. The summed E-state index contributed by atoms with van der Waals surface area (Å²) in [6, 6.07) is 0.509. The van der Waals surface area contributed by atoms with Crippen molar-refractivity contribution >= 4 is 0 Å². The van der Waals surface area contributed by atoms with Crippen molar-refractivity contribution in [3.05, 3.63) is 60.3 Å². The van der Waals surface area contributed by atoms with Crippen molar-refractivity contribution in [1.82, 2.24) is 0 Å². The highest BCUT2D eigenvalue weighted by Crippen LogP contribution is 2.21. The molecule has 1 rings (SSSR count). The minimum Gasteiger partial charge on any atom is -0.328 e. The summed E-state index contributed by atoms with van der Waals surface area (Å²) in [4.78, 5) is 0. The van der Waals surface area contributed by atoms with Crippen LogP contribution in [0.25, 0.3) is 0 Å². The monoisotopic (exact) mass is 478 g/mol. The van der Waals surface area contributed by atoms with E-state index in [-0.39, 0.29) is 0 Å². The van der Waals surface area contributed by atoms with Crippen molar-refractivity contribution < 1.29 is 0 Å². The highest BCUT2D eigenvalue weighted by atomic mass is 14.6. The molecule has 34 heavy (non-hydrogen) atoms. The lowest BCUT2D eigenvalue weighted by Crippen LogP contribution is -2.17. The fourth-order valence-corrected chi connectivity index (χ4v) is 2.80. The maximum absolute atomic E-state index is 5.80. The van der Waals surface area contributed by atoms with E-state index in [2.05, 4.69) is 65.2 Å². The Morgan fingerprint density at radius 3 is 1.82 bits per heavy atom. The van der Waals surface area contributed by atoms with Gasteiger partial charge in [0, 0.05) is 6.04 Å². The van der Waals surface area contributed by atoms with E-state index in [0.717, 1.165) is 31.6 Å². The summed E-state index contributed by atoms with van der Waals surface area (Å²) in [6.45, 7) is 32.3. The standard InChI is InChI=1S/C10H18.C9H14.C8H17N.3C2H6/c1-4-7-9-10(6-3)8-5-2;1-5-9(4)7-6-8(2)3;1-7-3-2-4-8(9)6-5-7;3*1-2/h7-9H,4-6H2,1-3H3;5,7H,1-2,6H2,3-4H3;7-8H,2-6,9H2,1H3;3*1-2H3/b9-7-,10-8-;9-7-;;;;. The van der Waals surface area contributed by atoms with Gasteiger partial charge >= 0.3 is 0 Å². The fourth-order valence-electron chi connectivity index (χ4n) is 2.80. The Labute approximate surface area is 218 Å². The van der Waals surface area contributed by atoms with Crippen molar-refractivity contribution in [2.75, 3.05) is 0 Å². The molecule has 2 unspecified atom stereocenters. The third-order valence-corrected chi connectivity index (χ3v) is 4.84. The zero-order valence-corrected chi connectivity index (χ0v) is 25.9. The van der Waals surface area contributed by atoms with Crippen LogP contribution >= 0.6 is 0 Å². The van der Waals surface area contributed by atoms with Gasteiger partial charge in [-0.05, 0) is 64.7 Å². The molecule has 1 saturated carbocycles. The number of nitrogens with two attached hydrogens (primary N) is 1. The van der Waals surface area contributed by atoms with Gasteiger partial charge in [-0.3, -0.25) is 0 Å². The first-order valence-corrected chi connectivity index (χ1v) is 14.3. The van der Waals surface area contributed by atoms with Crippen LogP contribution in [-0.2, 0) is 0 Å². The Morgan fingerprint density at radius 1 is 0.853 bits per heavy atom. The van der Waals surface area contributed by atoms with E-state index in [1.807, 2.05) is 61.5 Å². The van der Waals surface area contributed by atoms with E-state index in [1.54, 1.807) is 0 Å². The predicted octanol–water partition coefficient (Wildman–Crippen LogP) is 11.8. The first-order chi connectivity index (χ1) is 16.3. The van der Waals surface area contributed by atoms with Crippen molar-refractivity contribution in [3.8, 4) is 0 Å². The molecule has 0 saturated heterocycles. The van der Waals surface area contributed by atoms with Crippen LogP contribution in [0.5, 0.6) is 0 Å². The van der Waals surface area contributed by atoms with Crippen LogP contribution in [0.1, 0.15) is 141 Å². The van der Waals surface area contributed by atoms with Crippen molar-refractivity contribution in [1.29, 1.82) is 0 Å². The largest absolute Gasteiger partial charge is 0.328 e. The predicted molar refractivity (Wildman–Crippen MR) is 166 cm³/mol. The second-order valence-electron chi connectivity index (χ2n) is 8.04. The maximum Gasteiger partial charge on any atom is 0.00389 e. The van der Waals surface area contributed by atoms with Gasteiger partial charge < -0.3 is 5.73 Å². The molecule has 0 aromatic heterocycles. The molecule has 1 aliphatic rings. The average molecular weight is 478 g/mol. The number of hydrogen-bond acceptors (Lipinski definition) is 1. The van der Waals surface area contributed by atoms with Crippen LogP contribution < -0.4 is 5.73 Å². The Kier molecular flexibility index (Phi) is 49.0. The lowest BCUT2D eigenvalue weighted by Gasteiger charge is -2.05. The van der Waals surface area contributed by atoms with Crippen LogP contribution in [0.4, 0.5) is 0 Å². The van der Waals surface area contributed by atoms with Gasteiger partial charge in [-0.25, -0.2) is 0 Å². The molecule has 0 amide bonds. The molecule has 1 fully saturated rings. The van der Waals surface area contributed by atoms with Crippen molar-refractivity contribution in [2.24, 2.45) is 11.7 Å². The van der Waals surface area contributed by atoms with Gasteiger partial charge in [0.05, 0.1) is 0 Å². The van der Waals surface area contributed by atoms with Gasteiger partial charge in [-0.15, -0.1) is 0 Å². The molecule has 1 nitrogen and oxygen atoms in total. The van der Waals surface area contributed by atoms with Gasteiger partial charge in [0.1, 0.15) is 0 Å². The molecule has 2 N–H and O–H groups in total. The highest BCUT2D eigenvalue weighted by molar-refractivity contribution is 5.17. The first-order valence-electron chi connectivity index (χ1n) is 14.3. The number of rotatable bonds is 7. The van der Waals surface area contributed by atoms with Crippen LogP contribution in [0.15, 0.2) is 60.3 Å². The maximum atomic E-state index is 5.80. The van der Waals surface area contributed by atoms with Crippen LogP contribution in [0.2, 0.25) is 0 Å². The van der Waals surface area contributed by atoms with E-state index >= 15 is 0 Å². The molecule has 2 atom stereocenters.